The lowest BCUT2D eigenvalue weighted by Gasteiger charge is -2.25. The summed E-state index contributed by atoms with van der Waals surface area (Å²) in [6.45, 7) is 7.84. The van der Waals surface area contributed by atoms with Crippen LogP contribution >= 0.6 is 61.5 Å². The first-order valence-electron chi connectivity index (χ1n) is 14.4. The zero-order valence-electron chi connectivity index (χ0n) is 25.7. The molecule has 5 rings (SSSR count). The van der Waals surface area contributed by atoms with E-state index in [-0.39, 0.29) is 23.8 Å². The summed E-state index contributed by atoms with van der Waals surface area (Å²) in [7, 11) is 1.55. The summed E-state index contributed by atoms with van der Waals surface area (Å²) < 4.78 is 26.7. The van der Waals surface area contributed by atoms with Gasteiger partial charge in [-0.25, -0.2) is 9.79 Å². The third kappa shape index (κ3) is 7.22. The van der Waals surface area contributed by atoms with Crippen molar-refractivity contribution in [3.05, 3.63) is 115 Å². The van der Waals surface area contributed by atoms with Crippen molar-refractivity contribution in [2.45, 2.75) is 46.4 Å². The normalized spacial score (nSPS) is 14.6. The molecule has 46 heavy (non-hydrogen) atoms. The van der Waals surface area contributed by atoms with Gasteiger partial charge in [0.1, 0.15) is 12.4 Å². The average Bonchev–Trinajstić information content (AvgIpc) is 3.30. The van der Waals surface area contributed by atoms with Gasteiger partial charge in [-0.2, -0.15) is 0 Å². The second-order valence-electron chi connectivity index (χ2n) is 10.6. The van der Waals surface area contributed by atoms with Gasteiger partial charge in [0.2, 0.25) is 0 Å². The quantitative estimate of drug-likeness (QED) is 0.124. The molecular formula is C34H31BrClIN2O6S. The fourth-order valence-corrected chi connectivity index (χ4v) is 8.04. The number of hydrogen-bond donors (Lipinski definition) is 0. The smallest absolute Gasteiger partial charge is 0.338 e. The number of carbonyl (C=O) groups is 1. The second-order valence-corrected chi connectivity index (χ2v) is 14.0. The number of carbonyl (C=O) groups excluding carboxylic acids is 1. The van der Waals surface area contributed by atoms with Crippen molar-refractivity contribution in [3.8, 4) is 17.2 Å². The van der Waals surface area contributed by atoms with Gasteiger partial charge < -0.3 is 18.9 Å². The maximum atomic E-state index is 14.1. The van der Waals surface area contributed by atoms with Crippen LogP contribution in [-0.2, 0) is 16.1 Å². The van der Waals surface area contributed by atoms with Crippen LogP contribution in [0.25, 0.3) is 6.08 Å². The summed E-state index contributed by atoms with van der Waals surface area (Å²) in [6, 6.07) is 16.0. The number of thiazole rings is 1. The average molecular weight is 838 g/mol. The Morgan fingerprint density at radius 3 is 2.61 bits per heavy atom. The highest BCUT2D eigenvalue weighted by atomic mass is 127. The van der Waals surface area contributed by atoms with Gasteiger partial charge in [0.25, 0.3) is 5.56 Å². The van der Waals surface area contributed by atoms with Crippen molar-refractivity contribution >= 4 is 73.5 Å². The summed E-state index contributed by atoms with van der Waals surface area (Å²) in [5.74, 6) is 1.19. The second kappa shape index (κ2) is 14.7. The highest BCUT2D eigenvalue weighted by Crippen LogP contribution is 2.37. The molecule has 3 aromatic carbocycles. The molecule has 1 aliphatic heterocycles. The molecule has 0 amide bonds. The van der Waals surface area contributed by atoms with E-state index in [4.69, 9.17) is 30.5 Å². The number of aromatic nitrogens is 1. The summed E-state index contributed by atoms with van der Waals surface area (Å²) in [4.78, 5) is 32.6. The van der Waals surface area contributed by atoms with Gasteiger partial charge in [-0.1, -0.05) is 47.2 Å². The predicted molar refractivity (Wildman–Crippen MR) is 192 cm³/mol. The lowest BCUT2D eigenvalue weighted by molar-refractivity contribution is -0.139. The van der Waals surface area contributed by atoms with Gasteiger partial charge >= 0.3 is 5.97 Å². The zero-order chi connectivity index (χ0) is 33.1. The van der Waals surface area contributed by atoms with Crippen LogP contribution in [0.3, 0.4) is 0 Å². The number of halogens is 3. The zero-order valence-corrected chi connectivity index (χ0v) is 31.0. The number of esters is 1. The number of allylic oxidation sites excluding steroid dienone is 1. The minimum atomic E-state index is -0.785. The maximum absolute atomic E-state index is 14.1. The highest BCUT2D eigenvalue weighted by Gasteiger charge is 2.34. The SMILES string of the molecule is CCOC(=O)C1=C(C)N=c2s/c(=C\c3cc(Br)c(OCc4ccccc4Cl)c(I)c3)c(=O)n2[C@@H]1c1ccc(OC(C)C)c(OC)c1. The number of nitrogens with zero attached hydrogens (tertiary/aromatic N) is 2. The predicted octanol–water partition coefficient (Wildman–Crippen LogP) is 7.19. The van der Waals surface area contributed by atoms with Crippen molar-refractivity contribution < 1.29 is 23.7 Å². The van der Waals surface area contributed by atoms with E-state index in [9.17, 15) is 9.59 Å². The van der Waals surface area contributed by atoms with E-state index < -0.39 is 12.0 Å². The number of hydrogen-bond acceptors (Lipinski definition) is 8. The van der Waals surface area contributed by atoms with Gasteiger partial charge in [0.15, 0.2) is 16.3 Å². The van der Waals surface area contributed by atoms with Gasteiger partial charge in [-0.3, -0.25) is 9.36 Å². The van der Waals surface area contributed by atoms with E-state index >= 15 is 0 Å². The summed E-state index contributed by atoms with van der Waals surface area (Å²) >= 11 is 13.4. The van der Waals surface area contributed by atoms with E-state index in [2.05, 4.69) is 43.5 Å². The maximum Gasteiger partial charge on any atom is 0.338 e. The fourth-order valence-electron chi connectivity index (χ4n) is 5.03. The molecule has 0 fully saturated rings. The molecule has 0 N–H and O–H groups in total. The van der Waals surface area contributed by atoms with Crippen molar-refractivity contribution in [2.24, 2.45) is 4.99 Å². The molecule has 0 unspecified atom stereocenters. The molecule has 0 aliphatic carbocycles. The molecule has 1 aliphatic rings. The molecule has 240 valence electrons. The Morgan fingerprint density at radius 1 is 1.17 bits per heavy atom. The number of benzene rings is 3. The molecule has 1 aromatic heterocycles. The molecule has 0 saturated heterocycles. The molecule has 8 nitrogen and oxygen atoms in total. The molecule has 2 heterocycles. The Bertz CT molecular complexity index is 2000. The van der Waals surface area contributed by atoms with Crippen LogP contribution in [0.1, 0.15) is 50.4 Å². The standard InChI is InChI=1S/C34H31BrClIN2O6S/c1-6-43-33(41)29-19(4)38-34-39(30(29)21-11-12-26(45-18(2)3)27(16-21)42-5)32(40)28(46-34)15-20-13-23(35)31(25(37)14-20)44-17-22-9-7-8-10-24(22)36/h7-16,18,30H,6,17H2,1-5H3/b28-15-/t30-/m1/s1. The molecule has 4 aromatic rings. The minimum Gasteiger partial charge on any atom is -0.493 e. The topological polar surface area (TPSA) is 88.4 Å². The Hall–Kier alpha value is -3.13. The van der Waals surface area contributed by atoms with Crippen LogP contribution in [0.4, 0.5) is 0 Å². The van der Waals surface area contributed by atoms with Gasteiger partial charge in [0, 0.05) is 10.6 Å². The molecule has 0 bridgehead atoms. The number of methoxy groups -OCH3 is 1. The minimum absolute atomic E-state index is 0.0688. The Balaban J connectivity index is 1.58. The fraction of sp³-hybridized carbons (Fsp3) is 0.265. The van der Waals surface area contributed by atoms with Gasteiger partial charge in [0.05, 0.1) is 49.7 Å². The largest absolute Gasteiger partial charge is 0.493 e. The lowest BCUT2D eigenvalue weighted by Crippen LogP contribution is -2.40. The number of rotatable bonds is 10. The van der Waals surface area contributed by atoms with Gasteiger partial charge in [-0.05, 0) is 114 Å². The Labute approximate surface area is 297 Å². The highest BCUT2D eigenvalue weighted by molar-refractivity contribution is 14.1. The van der Waals surface area contributed by atoms with Crippen molar-refractivity contribution in [1.82, 2.24) is 4.57 Å². The van der Waals surface area contributed by atoms with Crippen LogP contribution in [0.15, 0.2) is 80.1 Å². The monoisotopic (exact) mass is 836 g/mol. The summed E-state index contributed by atoms with van der Waals surface area (Å²) in [6.07, 6.45) is 1.75. The van der Waals surface area contributed by atoms with Crippen molar-refractivity contribution in [2.75, 3.05) is 13.7 Å². The lowest BCUT2D eigenvalue weighted by atomic mass is 9.95. The third-order valence-corrected chi connectivity index (χ3v) is 9.77. The molecule has 0 radical (unpaired) electrons. The van der Waals surface area contributed by atoms with Crippen molar-refractivity contribution in [3.63, 3.8) is 0 Å². The van der Waals surface area contributed by atoms with E-state index in [0.717, 1.165) is 19.2 Å². The van der Waals surface area contributed by atoms with E-state index in [0.29, 0.717) is 49.5 Å². The Morgan fingerprint density at radius 2 is 1.93 bits per heavy atom. The van der Waals surface area contributed by atoms with Crippen molar-refractivity contribution in [1.29, 1.82) is 0 Å². The first-order valence-corrected chi connectivity index (χ1v) is 17.5. The summed E-state index contributed by atoms with van der Waals surface area (Å²) in [5, 5.41) is 0.638. The molecular weight excluding hydrogens is 807 g/mol. The molecule has 0 saturated carbocycles. The van der Waals surface area contributed by atoms with Crippen LogP contribution in [0, 0.1) is 3.57 Å². The van der Waals surface area contributed by atoms with Gasteiger partial charge in [-0.15, -0.1) is 0 Å². The van der Waals surface area contributed by atoms with E-state index in [1.807, 2.05) is 62.4 Å². The number of ether oxygens (including phenoxy) is 4. The van der Waals surface area contributed by atoms with E-state index in [1.54, 1.807) is 37.7 Å². The van der Waals surface area contributed by atoms with E-state index in [1.165, 1.54) is 11.3 Å². The summed E-state index contributed by atoms with van der Waals surface area (Å²) in [5.41, 5.74) is 2.82. The van der Waals surface area contributed by atoms with Crippen LogP contribution < -0.4 is 29.1 Å². The third-order valence-electron chi connectivity index (χ3n) is 7.03. The van der Waals surface area contributed by atoms with Crippen LogP contribution in [-0.4, -0.2) is 30.4 Å². The first kappa shape index (κ1) is 34.2. The molecule has 12 heteroatoms. The Kier molecular flexibility index (Phi) is 11.0. The van der Waals surface area contributed by atoms with Crippen LogP contribution in [0.2, 0.25) is 5.02 Å². The van der Waals surface area contributed by atoms with Crippen LogP contribution in [0.5, 0.6) is 17.2 Å². The molecule has 0 spiro atoms. The first-order chi connectivity index (χ1) is 22.0. The molecule has 1 atom stereocenters. The number of fused-ring (bicyclic) bond motifs is 1.